The molecule has 6 nitrogen and oxygen atoms in total. The van der Waals surface area contributed by atoms with Crippen LogP contribution in [0.1, 0.15) is 11.5 Å². The van der Waals surface area contributed by atoms with Crippen molar-refractivity contribution in [3.63, 3.8) is 0 Å². The number of rotatable bonds is 3. The van der Waals surface area contributed by atoms with Crippen LogP contribution in [0.4, 0.5) is 0 Å². The Morgan fingerprint density at radius 3 is 2.62 bits per heavy atom. The van der Waals surface area contributed by atoms with E-state index < -0.39 is 10.0 Å². The van der Waals surface area contributed by atoms with Crippen molar-refractivity contribution in [2.75, 3.05) is 7.11 Å². The molecule has 0 aliphatic rings. The van der Waals surface area contributed by atoms with Crippen molar-refractivity contribution in [2.24, 2.45) is 0 Å². The van der Waals surface area contributed by atoms with Crippen LogP contribution in [0.5, 0.6) is 5.75 Å². The Morgan fingerprint density at radius 2 is 2.00 bits per heavy atom. The molecule has 0 atom stereocenters. The fraction of sp³-hybridized carbons (Fsp3) is 0.214. The molecule has 2 aromatic heterocycles. The average Bonchev–Trinajstić information content (AvgIpc) is 3.02. The number of aryl methyl sites for hydroxylation is 2. The molecule has 0 amide bonds. The van der Waals surface area contributed by atoms with Gasteiger partial charge in [-0.15, -0.1) is 0 Å². The van der Waals surface area contributed by atoms with Crippen molar-refractivity contribution in [1.29, 1.82) is 0 Å². The van der Waals surface area contributed by atoms with Crippen molar-refractivity contribution in [3.8, 4) is 5.75 Å². The Morgan fingerprint density at radius 1 is 1.24 bits per heavy atom. The van der Waals surface area contributed by atoms with E-state index in [0.29, 0.717) is 17.0 Å². The second kappa shape index (κ2) is 4.63. The fourth-order valence-corrected chi connectivity index (χ4v) is 4.03. The molecule has 0 N–H and O–H groups in total. The first-order valence-electron chi connectivity index (χ1n) is 6.28. The van der Waals surface area contributed by atoms with E-state index in [2.05, 4.69) is 5.16 Å². The van der Waals surface area contributed by atoms with Crippen molar-refractivity contribution in [3.05, 3.63) is 41.9 Å². The molecular weight excluding hydrogens is 292 g/mol. The van der Waals surface area contributed by atoms with Crippen LogP contribution in [-0.4, -0.2) is 24.7 Å². The van der Waals surface area contributed by atoms with Crippen molar-refractivity contribution >= 4 is 20.9 Å². The number of methoxy groups -OCH3 is 1. The van der Waals surface area contributed by atoms with Crippen LogP contribution in [0.3, 0.4) is 0 Å². The van der Waals surface area contributed by atoms with Crippen LogP contribution < -0.4 is 4.74 Å². The summed E-state index contributed by atoms with van der Waals surface area (Å²) in [6, 6.07) is 6.95. The van der Waals surface area contributed by atoms with Gasteiger partial charge in [0.25, 0.3) is 10.0 Å². The molecule has 0 radical (unpaired) electrons. The number of ether oxygens (including phenoxy) is 1. The fourth-order valence-electron chi connectivity index (χ4n) is 2.37. The third kappa shape index (κ3) is 2.01. The van der Waals surface area contributed by atoms with Crippen molar-refractivity contribution in [1.82, 2.24) is 9.13 Å². The Bertz CT molecular complexity index is 902. The van der Waals surface area contributed by atoms with Gasteiger partial charge in [0.15, 0.2) is 10.7 Å². The van der Waals surface area contributed by atoms with E-state index in [9.17, 15) is 8.42 Å². The minimum atomic E-state index is -3.74. The van der Waals surface area contributed by atoms with Gasteiger partial charge in [0.2, 0.25) is 0 Å². The van der Waals surface area contributed by atoms with E-state index in [-0.39, 0.29) is 10.7 Å². The molecule has 7 heteroatoms. The van der Waals surface area contributed by atoms with E-state index in [1.54, 1.807) is 45.2 Å². The largest absolute Gasteiger partial charge is 0.497 e. The highest BCUT2D eigenvalue weighted by Crippen LogP contribution is 2.28. The minimum absolute atomic E-state index is 0.107. The highest BCUT2D eigenvalue weighted by molar-refractivity contribution is 7.90. The number of aromatic nitrogens is 2. The van der Waals surface area contributed by atoms with Crippen LogP contribution in [0.2, 0.25) is 0 Å². The van der Waals surface area contributed by atoms with Crippen LogP contribution in [0.25, 0.3) is 10.9 Å². The molecule has 0 saturated heterocycles. The van der Waals surface area contributed by atoms with Crippen molar-refractivity contribution in [2.45, 2.75) is 18.7 Å². The molecule has 0 saturated carbocycles. The van der Waals surface area contributed by atoms with Gasteiger partial charge in [-0.05, 0) is 38.1 Å². The molecule has 0 aliphatic heterocycles. The lowest BCUT2D eigenvalue weighted by atomic mass is 10.2. The number of hydrogen-bond acceptors (Lipinski definition) is 5. The molecule has 110 valence electrons. The van der Waals surface area contributed by atoms with Gasteiger partial charge in [0.05, 0.1) is 12.6 Å². The van der Waals surface area contributed by atoms with E-state index in [1.807, 2.05) is 0 Å². The second-order valence-electron chi connectivity index (χ2n) is 4.69. The monoisotopic (exact) mass is 306 g/mol. The highest BCUT2D eigenvalue weighted by Gasteiger charge is 2.27. The first-order chi connectivity index (χ1) is 9.95. The van der Waals surface area contributed by atoms with Crippen molar-refractivity contribution < 1.29 is 17.7 Å². The topological polar surface area (TPSA) is 74.3 Å². The average molecular weight is 306 g/mol. The SMILES string of the molecule is COc1ccc2c(ccn2S(=O)(=O)c2c(C)noc2C)c1. The maximum atomic E-state index is 12.8. The summed E-state index contributed by atoms with van der Waals surface area (Å²) in [5.41, 5.74) is 0.929. The zero-order chi connectivity index (χ0) is 15.2. The molecular formula is C14H14N2O4S. The quantitative estimate of drug-likeness (QED) is 0.743. The van der Waals surface area contributed by atoms with E-state index >= 15 is 0 Å². The lowest BCUT2D eigenvalue weighted by Crippen LogP contribution is -2.13. The van der Waals surface area contributed by atoms with Gasteiger partial charge in [-0.1, -0.05) is 5.16 Å². The smallest absolute Gasteiger partial charge is 0.273 e. The number of nitrogens with zero attached hydrogens (tertiary/aromatic N) is 2. The van der Waals surface area contributed by atoms with Gasteiger partial charge in [-0.3, -0.25) is 0 Å². The molecule has 0 bridgehead atoms. The summed E-state index contributed by atoms with van der Waals surface area (Å²) in [7, 11) is -2.17. The third-order valence-electron chi connectivity index (χ3n) is 3.35. The summed E-state index contributed by atoms with van der Waals surface area (Å²) >= 11 is 0. The molecule has 0 fully saturated rings. The summed E-state index contributed by atoms with van der Waals surface area (Å²) in [5, 5.41) is 4.49. The van der Waals surface area contributed by atoms with Gasteiger partial charge >= 0.3 is 0 Å². The van der Waals surface area contributed by atoms with Crippen LogP contribution in [0.15, 0.2) is 39.9 Å². The molecule has 0 aliphatic carbocycles. The summed E-state index contributed by atoms with van der Waals surface area (Å²) in [4.78, 5) is 0.107. The Labute approximate surface area is 122 Å². The van der Waals surface area contributed by atoms with Gasteiger partial charge in [0, 0.05) is 11.6 Å². The molecule has 3 aromatic rings. The number of benzene rings is 1. The van der Waals surface area contributed by atoms with Crippen LogP contribution in [-0.2, 0) is 10.0 Å². The first-order valence-corrected chi connectivity index (χ1v) is 7.72. The number of hydrogen-bond donors (Lipinski definition) is 0. The van der Waals surface area contributed by atoms with Gasteiger partial charge in [0.1, 0.15) is 11.4 Å². The molecule has 0 spiro atoms. The Balaban J connectivity index is 2.25. The van der Waals surface area contributed by atoms with E-state index in [0.717, 1.165) is 5.39 Å². The standard InChI is InChI=1S/C14H14N2O4S/c1-9-14(10(2)20-15-9)21(17,18)16-7-6-11-8-12(19-3)4-5-13(11)16/h4-8H,1-3H3. The minimum Gasteiger partial charge on any atom is -0.497 e. The van der Waals surface area contributed by atoms with E-state index in [1.165, 1.54) is 10.2 Å². The second-order valence-corrected chi connectivity index (χ2v) is 6.45. The van der Waals surface area contributed by atoms with Crippen LogP contribution in [0, 0.1) is 13.8 Å². The number of fused-ring (bicyclic) bond motifs is 1. The zero-order valence-corrected chi connectivity index (χ0v) is 12.6. The molecule has 0 unspecified atom stereocenters. The summed E-state index contributed by atoms with van der Waals surface area (Å²) < 4.78 is 36.9. The summed E-state index contributed by atoms with van der Waals surface area (Å²) in [6.07, 6.45) is 1.52. The molecule has 1 aromatic carbocycles. The maximum Gasteiger partial charge on any atom is 0.273 e. The zero-order valence-electron chi connectivity index (χ0n) is 11.8. The highest BCUT2D eigenvalue weighted by atomic mass is 32.2. The summed E-state index contributed by atoms with van der Waals surface area (Å²) in [5.74, 6) is 0.956. The third-order valence-corrected chi connectivity index (χ3v) is 5.28. The van der Waals surface area contributed by atoms with E-state index in [4.69, 9.17) is 9.26 Å². The normalized spacial score (nSPS) is 12.0. The maximum absolute atomic E-state index is 12.8. The lowest BCUT2D eigenvalue weighted by molar-refractivity contribution is 0.390. The van der Waals surface area contributed by atoms with Gasteiger partial charge in [-0.25, -0.2) is 12.4 Å². The van der Waals surface area contributed by atoms with Gasteiger partial charge < -0.3 is 9.26 Å². The summed E-state index contributed by atoms with van der Waals surface area (Å²) in [6.45, 7) is 3.19. The molecule has 3 rings (SSSR count). The lowest BCUT2D eigenvalue weighted by Gasteiger charge is -2.07. The Kier molecular flexibility index (Phi) is 3.02. The predicted octanol–water partition coefficient (Wildman–Crippen LogP) is 2.49. The van der Waals surface area contributed by atoms with Gasteiger partial charge in [-0.2, -0.15) is 0 Å². The first kappa shape index (κ1) is 13.7. The molecule has 2 heterocycles. The molecule has 21 heavy (non-hydrogen) atoms. The predicted molar refractivity (Wildman–Crippen MR) is 77.1 cm³/mol. The Hall–Kier alpha value is -2.28. The van der Waals surface area contributed by atoms with Crippen LogP contribution >= 0.6 is 0 Å².